The molecule has 1 atom stereocenters. The van der Waals surface area contributed by atoms with Crippen LogP contribution in [0.1, 0.15) is 25.8 Å². The third-order valence-corrected chi connectivity index (χ3v) is 7.92. The van der Waals surface area contributed by atoms with Crippen LogP contribution in [0.15, 0.2) is 15.7 Å². The third-order valence-electron chi connectivity index (χ3n) is 3.26. The van der Waals surface area contributed by atoms with E-state index in [0.29, 0.717) is 10.8 Å². The minimum atomic E-state index is -3.31. The summed E-state index contributed by atoms with van der Waals surface area (Å²) < 4.78 is 27.4. The van der Waals surface area contributed by atoms with Crippen molar-refractivity contribution in [3.05, 3.63) is 17.0 Å². The van der Waals surface area contributed by atoms with Crippen LogP contribution < -0.4 is 5.32 Å². The van der Waals surface area contributed by atoms with Gasteiger partial charge in [-0.15, -0.1) is 11.3 Å². The molecule has 0 amide bonds. The van der Waals surface area contributed by atoms with Gasteiger partial charge in [-0.25, -0.2) is 8.42 Å². The Labute approximate surface area is 130 Å². The number of thiophene rings is 1. The molecule has 1 aromatic rings. The quantitative estimate of drug-likeness (QED) is 0.812. The second-order valence-corrected chi connectivity index (χ2v) is 9.17. The summed E-state index contributed by atoms with van der Waals surface area (Å²) in [5.41, 5.74) is 1.06. The molecule has 1 aliphatic rings. The molecule has 0 radical (unpaired) electrons. The maximum absolute atomic E-state index is 12.6. The van der Waals surface area contributed by atoms with E-state index in [1.54, 1.807) is 4.31 Å². The van der Waals surface area contributed by atoms with Crippen molar-refractivity contribution in [2.45, 2.75) is 37.1 Å². The second kappa shape index (κ2) is 7.26. The maximum atomic E-state index is 12.6. The van der Waals surface area contributed by atoms with Crippen molar-refractivity contribution in [1.82, 2.24) is 9.62 Å². The fraction of sp³-hybridized carbons (Fsp3) is 0.692. The predicted octanol–water partition coefficient (Wildman–Crippen LogP) is 2.37. The van der Waals surface area contributed by atoms with Crippen LogP contribution in [0.5, 0.6) is 0 Å². The summed E-state index contributed by atoms with van der Waals surface area (Å²) in [5, 5.41) is 5.24. The number of hydrogen-bond acceptors (Lipinski definition) is 5. The molecule has 114 valence electrons. The van der Waals surface area contributed by atoms with Crippen molar-refractivity contribution in [3.8, 4) is 0 Å². The summed E-state index contributed by atoms with van der Waals surface area (Å²) in [6.07, 6.45) is 1.08. The van der Waals surface area contributed by atoms with Crippen LogP contribution >= 0.6 is 23.1 Å². The van der Waals surface area contributed by atoms with E-state index in [-0.39, 0.29) is 6.04 Å². The molecule has 1 unspecified atom stereocenters. The smallest absolute Gasteiger partial charge is 0.252 e. The summed E-state index contributed by atoms with van der Waals surface area (Å²) >= 11 is 3.16. The first kappa shape index (κ1) is 16.3. The van der Waals surface area contributed by atoms with Crippen LogP contribution in [0.2, 0.25) is 0 Å². The zero-order valence-corrected chi connectivity index (χ0v) is 14.4. The highest BCUT2D eigenvalue weighted by Gasteiger charge is 2.32. The number of sulfonamides is 1. The van der Waals surface area contributed by atoms with Gasteiger partial charge in [0.2, 0.25) is 0 Å². The van der Waals surface area contributed by atoms with Gasteiger partial charge >= 0.3 is 0 Å². The highest BCUT2D eigenvalue weighted by molar-refractivity contribution is 7.99. The van der Waals surface area contributed by atoms with Gasteiger partial charge in [0.25, 0.3) is 10.0 Å². The highest BCUT2D eigenvalue weighted by Crippen LogP contribution is 2.28. The van der Waals surface area contributed by atoms with Gasteiger partial charge in [-0.2, -0.15) is 16.1 Å². The van der Waals surface area contributed by atoms with Gasteiger partial charge in [0.15, 0.2) is 0 Å². The molecule has 0 spiro atoms. The first-order valence-electron chi connectivity index (χ1n) is 6.93. The second-order valence-electron chi connectivity index (χ2n) is 4.99. The maximum Gasteiger partial charge on any atom is 0.252 e. The summed E-state index contributed by atoms with van der Waals surface area (Å²) in [4.78, 5) is 0. The number of thioether (sulfide) groups is 1. The number of rotatable bonds is 6. The van der Waals surface area contributed by atoms with Crippen LogP contribution in [0, 0.1) is 0 Å². The molecule has 1 aromatic heterocycles. The Kier molecular flexibility index (Phi) is 5.92. The molecule has 2 rings (SSSR count). The van der Waals surface area contributed by atoms with E-state index in [9.17, 15) is 8.42 Å². The third kappa shape index (κ3) is 3.76. The van der Waals surface area contributed by atoms with E-state index in [0.717, 1.165) is 36.6 Å². The lowest BCUT2D eigenvalue weighted by molar-refractivity contribution is 0.368. The molecule has 4 nitrogen and oxygen atoms in total. The van der Waals surface area contributed by atoms with Crippen LogP contribution in [-0.2, 0) is 16.6 Å². The average molecular weight is 335 g/mol. The van der Waals surface area contributed by atoms with E-state index < -0.39 is 10.0 Å². The first-order valence-corrected chi connectivity index (χ1v) is 10.4. The number of nitrogens with zero attached hydrogens (tertiary/aromatic N) is 1. The Morgan fingerprint density at radius 3 is 3.00 bits per heavy atom. The van der Waals surface area contributed by atoms with Crippen molar-refractivity contribution in [3.63, 3.8) is 0 Å². The largest absolute Gasteiger partial charge is 0.313 e. The van der Waals surface area contributed by atoms with Gasteiger partial charge < -0.3 is 5.32 Å². The Bertz CT molecular complexity index is 527. The van der Waals surface area contributed by atoms with E-state index in [2.05, 4.69) is 12.2 Å². The minimum Gasteiger partial charge on any atom is -0.313 e. The molecule has 2 heterocycles. The monoisotopic (exact) mass is 334 g/mol. The van der Waals surface area contributed by atoms with E-state index in [1.165, 1.54) is 11.3 Å². The molecule has 0 saturated carbocycles. The summed E-state index contributed by atoms with van der Waals surface area (Å²) in [5.74, 6) is 1.77. The topological polar surface area (TPSA) is 49.4 Å². The molecule has 1 N–H and O–H groups in total. The lowest BCUT2D eigenvalue weighted by Gasteiger charge is -2.31. The first-order chi connectivity index (χ1) is 9.55. The molecule has 20 heavy (non-hydrogen) atoms. The van der Waals surface area contributed by atoms with E-state index in [4.69, 9.17) is 0 Å². The van der Waals surface area contributed by atoms with Gasteiger partial charge in [-0.05, 0) is 36.9 Å². The SMILES string of the molecule is CCCNCc1csc(S(=O)(=O)N2CCSCC2C)c1. The normalized spacial score (nSPS) is 21.2. The molecule has 7 heteroatoms. The van der Waals surface area contributed by atoms with Crippen LogP contribution in [0.3, 0.4) is 0 Å². The van der Waals surface area contributed by atoms with Crippen LogP contribution in [0.4, 0.5) is 0 Å². The zero-order chi connectivity index (χ0) is 14.6. The Morgan fingerprint density at radius 1 is 1.50 bits per heavy atom. The van der Waals surface area contributed by atoms with Crippen molar-refractivity contribution >= 4 is 33.1 Å². The molecule has 0 aromatic carbocycles. The number of hydrogen-bond donors (Lipinski definition) is 1. The Morgan fingerprint density at radius 2 is 2.30 bits per heavy atom. The lowest BCUT2D eigenvalue weighted by Crippen LogP contribution is -2.44. The van der Waals surface area contributed by atoms with Crippen molar-refractivity contribution in [2.24, 2.45) is 0 Å². The predicted molar refractivity (Wildman–Crippen MR) is 87.0 cm³/mol. The lowest BCUT2D eigenvalue weighted by atomic mass is 10.3. The molecule has 0 bridgehead atoms. The highest BCUT2D eigenvalue weighted by atomic mass is 32.2. The van der Waals surface area contributed by atoms with E-state index in [1.807, 2.05) is 30.1 Å². The molecule has 1 fully saturated rings. The Balaban J connectivity index is 2.09. The fourth-order valence-corrected chi connectivity index (χ4v) is 6.37. The van der Waals surface area contributed by atoms with Crippen molar-refractivity contribution < 1.29 is 8.42 Å². The summed E-state index contributed by atoms with van der Waals surface area (Å²) in [7, 11) is -3.31. The standard InChI is InChI=1S/C13H22N2O2S3/c1-3-4-14-8-12-7-13(19-10-12)20(16,17)15-5-6-18-9-11(15)2/h7,10-11,14H,3-6,8-9H2,1-2H3. The average Bonchev–Trinajstić information content (AvgIpc) is 2.89. The van der Waals surface area contributed by atoms with Gasteiger partial charge in [0.05, 0.1) is 0 Å². The fourth-order valence-electron chi connectivity index (χ4n) is 2.18. The van der Waals surface area contributed by atoms with Gasteiger partial charge in [0, 0.05) is 30.6 Å². The molecule has 1 saturated heterocycles. The summed E-state index contributed by atoms with van der Waals surface area (Å²) in [6, 6.07) is 1.90. The molecular formula is C13H22N2O2S3. The van der Waals surface area contributed by atoms with Gasteiger partial charge in [-0.3, -0.25) is 0 Å². The van der Waals surface area contributed by atoms with Crippen molar-refractivity contribution in [2.75, 3.05) is 24.6 Å². The molecule has 1 aliphatic heterocycles. The number of nitrogens with one attached hydrogen (secondary N) is 1. The molecular weight excluding hydrogens is 312 g/mol. The van der Waals surface area contributed by atoms with E-state index >= 15 is 0 Å². The molecule has 0 aliphatic carbocycles. The minimum absolute atomic E-state index is 0.0857. The van der Waals surface area contributed by atoms with Gasteiger partial charge in [-0.1, -0.05) is 6.92 Å². The van der Waals surface area contributed by atoms with Gasteiger partial charge in [0.1, 0.15) is 4.21 Å². The Hall–Kier alpha value is -0.0800. The summed E-state index contributed by atoms with van der Waals surface area (Å²) in [6.45, 7) is 6.42. The zero-order valence-electron chi connectivity index (χ0n) is 12.0. The van der Waals surface area contributed by atoms with Crippen LogP contribution in [-0.4, -0.2) is 43.4 Å². The van der Waals surface area contributed by atoms with Crippen molar-refractivity contribution in [1.29, 1.82) is 0 Å². The van der Waals surface area contributed by atoms with Crippen LogP contribution in [0.25, 0.3) is 0 Å².